The molecule has 0 fully saturated rings. The van der Waals surface area contributed by atoms with Crippen molar-refractivity contribution in [1.29, 1.82) is 0 Å². The van der Waals surface area contributed by atoms with Gasteiger partial charge in [-0.2, -0.15) is 0 Å². The van der Waals surface area contributed by atoms with Crippen LogP contribution in [0.3, 0.4) is 0 Å². The number of nitrogens with one attached hydrogen (secondary N) is 1. The fraction of sp³-hybridized carbons (Fsp3) is 0.161. The molecule has 1 aromatic heterocycles. The van der Waals surface area contributed by atoms with E-state index in [1.807, 2.05) is 98.7 Å². The minimum absolute atomic E-state index is 0.266. The molecular weight excluding hydrogens is 494 g/mol. The molecule has 0 radical (unpaired) electrons. The van der Waals surface area contributed by atoms with Gasteiger partial charge in [0.15, 0.2) is 5.60 Å². The molecule has 1 spiro atoms. The zero-order chi connectivity index (χ0) is 26.4. The van der Waals surface area contributed by atoms with Crippen LogP contribution in [0.15, 0.2) is 94.7 Å². The lowest BCUT2D eigenvalue weighted by Crippen LogP contribution is -2.43. The monoisotopic (exact) mass is 521 g/mol. The van der Waals surface area contributed by atoms with Crippen LogP contribution in [0.4, 0.5) is 11.4 Å². The molecule has 6 nitrogen and oxygen atoms in total. The third kappa shape index (κ3) is 2.85. The first-order valence-corrected chi connectivity index (χ1v) is 14.0. The highest BCUT2D eigenvalue weighted by molar-refractivity contribution is 7.91. The molecule has 0 amide bonds. The maximum atomic E-state index is 14.3. The number of H-pyrrole nitrogens is 1. The van der Waals surface area contributed by atoms with Gasteiger partial charge in [0.2, 0.25) is 9.84 Å². The van der Waals surface area contributed by atoms with Gasteiger partial charge in [0.1, 0.15) is 5.75 Å². The van der Waals surface area contributed by atoms with Crippen LogP contribution in [0.2, 0.25) is 0 Å². The molecular formula is C31H27N3O3S. The van der Waals surface area contributed by atoms with Crippen LogP contribution in [-0.4, -0.2) is 41.6 Å². The number of hydrogen-bond acceptors (Lipinski definition) is 5. The molecule has 38 heavy (non-hydrogen) atoms. The van der Waals surface area contributed by atoms with Gasteiger partial charge >= 0.3 is 0 Å². The molecule has 0 aliphatic carbocycles. The average molecular weight is 522 g/mol. The van der Waals surface area contributed by atoms with E-state index in [9.17, 15) is 8.42 Å². The smallest absolute Gasteiger partial charge is 0.207 e. The molecule has 0 bridgehead atoms. The van der Waals surface area contributed by atoms with Crippen molar-refractivity contribution in [2.75, 3.05) is 38.0 Å². The Hall–Kier alpha value is -4.23. The lowest BCUT2D eigenvalue weighted by Gasteiger charge is -2.44. The Morgan fingerprint density at radius 3 is 1.95 bits per heavy atom. The van der Waals surface area contributed by atoms with E-state index in [0.29, 0.717) is 16.9 Å². The zero-order valence-electron chi connectivity index (χ0n) is 21.6. The molecule has 3 heterocycles. The van der Waals surface area contributed by atoms with Crippen LogP contribution in [-0.2, 0) is 15.4 Å². The van der Waals surface area contributed by atoms with Gasteiger partial charge in [0, 0.05) is 72.7 Å². The second-order valence-electron chi connectivity index (χ2n) is 10.4. The van der Waals surface area contributed by atoms with Crippen LogP contribution in [0.1, 0.15) is 16.7 Å². The molecule has 0 atom stereocenters. The summed E-state index contributed by atoms with van der Waals surface area (Å²) in [6.07, 6.45) is 0. The Labute approximate surface area is 222 Å². The van der Waals surface area contributed by atoms with Gasteiger partial charge in [-0.3, -0.25) is 0 Å². The quantitative estimate of drug-likeness (QED) is 0.318. The number of sulfone groups is 1. The second kappa shape index (κ2) is 7.65. The number of rotatable bonds is 2. The molecule has 2 aliphatic rings. The van der Waals surface area contributed by atoms with E-state index in [-0.39, 0.29) is 9.79 Å². The molecule has 0 unspecified atom stereocenters. The first-order chi connectivity index (χ1) is 18.2. The Morgan fingerprint density at radius 1 is 0.737 bits per heavy atom. The molecule has 190 valence electrons. The van der Waals surface area contributed by atoms with Crippen LogP contribution in [0.25, 0.3) is 22.2 Å². The summed E-state index contributed by atoms with van der Waals surface area (Å²) in [6, 6.07) is 27.4. The molecule has 4 aromatic carbocycles. The van der Waals surface area contributed by atoms with Gasteiger partial charge in [-0.05, 0) is 42.5 Å². The van der Waals surface area contributed by atoms with E-state index >= 15 is 0 Å². The SMILES string of the molecule is CN(C)c1ccc2c(c1)S(=O)(=O)c1cc(N(C)C)ccc1C21Oc2ccccc2-c2[nH]c3ccccc3c21. The van der Waals surface area contributed by atoms with E-state index in [2.05, 4.69) is 17.1 Å². The highest BCUT2D eigenvalue weighted by Crippen LogP contribution is 2.58. The number of para-hydroxylation sites is 2. The minimum atomic E-state index is -3.85. The van der Waals surface area contributed by atoms with E-state index in [0.717, 1.165) is 39.1 Å². The highest BCUT2D eigenvalue weighted by atomic mass is 32.2. The molecule has 7 heteroatoms. The summed E-state index contributed by atoms with van der Waals surface area (Å²) in [7, 11) is 3.80. The topological polar surface area (TPSA) is 65.6 Å². The number of hydrogen-bond donors (Lipinski definition) is 1. The number of fused-ring (bicyclic) bond motifs is 10. The standard InChI is InChI=1S/C31H27N3O3S/c1-33(2)19-13-15-23-27(17-19)38(35,36)28-18-20(34(3)4)14-16-24(28)31(23)29-21-9-5-7-11-25(21)32-30(29)22-10-6-8-12-26(22)37-31/h5-18,32H,1-4H3. The molecule has 7 rings (SSSR count). The minimum Gasteiger partial charge on any atom is -0.472 e. The maximum absolute atomic E-state index is 14.3. The zero-order valence-corrected chi connectivity index (χ0v) is 22.4. The summed E-state index contributed by atoms with van der Waals surface area (Å²) in [5.41, 5.74) is 5.49. The van der Waals surface area contributed by atoms with Crippen LogP contribution in [0.5, 0.6) is 5.75 Å². The summed E-state index contributed by atoms with van der Waals surface area (Å²) in [4.78, 5) is 8.01. The van der Waals surface area contributed by atoms with Crippen molar-refractivity contribution >= 4 is 32.1 Å². The van der Waals surface area contributed by atoms with Crippen molar-refractivity contribution in [2.24, 2.45) is 0 Å². The van der Waals surface area contributed by atoms with E-state index in [4.69, 9.17) is 4.74 Å². The van der Waals surface area contributed by atoms with Crippen molar-refractivity contribution in [3.05, 3.63) is 102 Å². The Bertz CT molecular complexity index is 1820. The van der Waals surface area contributed by atoms with Gasteiger partial charge in [0.25, 0.3) is 0 Å². The van der Waals surface area contributed by atoms with Crippen molar-refractivity contribution in [3.8, 4) is 17.0 Å². The van der Waals surface area contributed by atoms with Crippen LogP contribution in [0, 0.1) is 0 Å². The van der Waals surface area contributed by atoms with E-state index in [1.54, 1.807) is 12.1 Å². The van der Waals surface area contributed by atoms with Crippen molar-refractivity contribution in [3.63, 3.8) is 0 Å². The summed E-state index contributed by atoms with van der Waals surface area (Å²) in [6.45, 7) is 0. The number of ether oxygens (including phenoxy) is 1. The van der Waals surface area contributed by atoms with Gasteiger partial charge < -0.3 is 19.5 Å². The van der Waals surface area contributed by atoms with Crippen LogP contribution < -0.4 is 14.5 Å². The fourth-order valence-corrected chi connectivity index (χ4v) is 7.73. The Balaban J connectivity index is 1.70. The maximum Gasteiger partial charge on any atom is 0.207 e. The third-order valence-electron chi connectivity index (χ3n) is 7.78. The van der Waals surface area contributed by atoms with Gasteiger partial charge in [-0.1, -0.05) is 42.5 Å². The fourth-order valence-electron chi connectivity index (χ4n) is 5.94. The molecule has 1 N–H and O–H groups in total. The lowest BCUT2D eigenvalue weighted by atomic mass is 9.75. The number of aromatic amines is 1. The Morgan fingerprint density at radius 2 is 1.32 bits per heavy atom. The van der Waals surface area contributed by atoms with Crippen LogP contribution >= 0.6 is 0 Å². The highest BCUT2D eigenvalue weighted by Gasteiger charge is 2.54. The predicted molar refractivity (Wildman–Crippen MR) is 151 cm³/mol. The summed E-state index contributed by atoms with van der Waals surface area (Å²) < 4.78 is 35.7. The van der Waals surface area contributed by atoms with Crippen molar-refractivity contribution in [1.82, 2.24) is 4.98 Å². The third-order valence-corrected chi connectivity index (χ3v) is 9.61. The van der Waals surface area contributed by atoms with Crippen molar-refractivity contribution < 1.29 is 13.2 Å². The number of anilines is 2. The number of nitrogens with zero attached hydrogens (tertiary/aromatic N) is 2. The van der Waals surface area contributed by atoms with Gasteiger partial charge in [0.05, 0.1) is 15.5 Å². The average Bonchev–Trinajstić information content (AvgIpc) is 3.32. The van der Waals surface area contributed by atoms with Gasteiger partial charge in [-0.15, -0.1) is 0 Å². The lowest BCUT2D eigenvalue weighted by molar-refractivity contribution is 0.145. The summed E-state index contributed by atoms with van der Waals surface area (Å²) in [5.74, 6) is 0.705. The molecule has 0 saturated carbocycles. The first kappa shape index (κ1) is 22.9. The summed E-state index contributed by atoms with van der Waals surface area (Å²) in [5, 5.41) is 1.00. The molecule has 2 aliphatic heterocycles. The number of benzene rings is 4. The second-order valence-corrected chi connectivity index (χ2v) is 12.2. The molecule has 0 saturated heterocycles. The predicted octanol–water partition coefficient (Wildman–Crippen LogP) is 5.80. The normalized spacial score (nSPS) is 15.7. The molecule has 5 aromatic rings. The van der Waals surface area contributed by atoms with Crippen molar-refractivity contribution in [2.45, 2.75) is 15.4 Å². The Kier molecular flexibility index (Phi) is 4.61. The largest absolute Gasteiger partial charge is 0.472 e. The summed E-state index contributed by atoms with van der Waals surface area (Å²) >= 11 is 0. The van der Waals surface area contributed by atoms with Gasteiger partial charge in [-0.25, -0.2) is 8.42 Å². The van der Waals surface area contributed by atoms with E-state index in [1.165, 1.54) is 0 Å². The first-order valence-electron chi connectivity index (χ1n) is 12.5. The van der Waals surface area contributed by atoms with E-state index < -0.39 is 15.4 Å². The number of aromatic nitrogens is 1.